The molecule has 3 rings (SSSR count). The quantitative estimate of drug-likeness (QED) is 0.829. The maximum absolute atomic E-state index is 14.4. The Morgan fingerprint density at radius 1 is 1.42 bits per heavy atom. The van der Waals surface area contributed by atoms with Crippen LogP contribution in [0.3, 0.4) is 0 Å². The van der Waals surface area contributed by atoms with Crippen molar-refractivity contribution in [1.82, 2.24) is 9.79 Å². The highest BCUT2D eigenvalue weighted by molar-refractivity contribution is 6.57. The van der Waals surface area contributed by atoms with Gasteiger partial charge in [-0.15, -0.1) is 0 Å². The second-order valence-electron chi connectivity index (χ2n) is 5.34. The number of halogens is 2. The zero-order valence-corrected chi connectivity index (χ0v) is 11.0. The summed E-state index contributed by atoms with van der Waals surface area (Å²) in [6.45, 7) is 1.16. The molecular weight excluding hydrogens is 247 g/mol. The lowest BCUT2D eigenvalue weighted by Gasteiger charge is -2.31. The third-order valence-electron chi connectivity index (χ3n) is 3.43. The van der Waals surface area contributed by atoms with Crippen LogP contribution in [0.2, 0.25) is 0 Å². The molecule has 3 nitrogen and oxygen atoms in total. The van der Waals surface area contributed by atoms with Gasteiger partial charge in [-0.2, -0.15) is 0 Å². The fourth-order valence-corrected chi connectivity index (χ4v) is 2.51. The van der Waals surface area contributed by atoms with E-state index in [2.05, 4.69) is 19.2 Å². The van der Waals surface area contributed by atoms with Gasteiger partial charge in [-0.3, -0.25) is 0 Å². The van der Waals surface area contributed by atoms with Crippen molar-refractivity contribution in [1.29, 1.82) is 0 Å². The number of fused-ring (bicyclic) bond motifs is 2. The van der Waals surface area contributed by atoms with E-state index >= 15 is 0 Å². The first-order valence-electron chi connectivity index (χ1n) is 6.49. The molecule has 0 radical (unpaired) electrons. The number of nitrogens with one attached hydrogen (secondary N) is 1. The van der Waals surface area contributed by atoms with Gasteiger partial charge in [0.15, 0.2) is 5.70 Å². The van der Waals surface area contributed by atoms with Crippen molar-refractivity contribution in [2.45, 2.75) is 13.8 Å². The van der Waals surface area contributed by atoms with Gasteiger partial charge in [0.25, 0.3) is 0 Å². The standard InChI is InChI=1S/C13H16BF2N3/c1-10(2)9-17-13-11-5-3-7-18(11)14(15,16)19-8-4-6-12(13)19/h3-8,10,17H,9H2,1-2H3. The largest absolute Gasteiger partial charge is 0.737 e. The van der Waals surface area contributed by atoms with E-state index in [9.17, 15) is 8.63 Å². The van der Waals surface area contributed by atoms with Crippen molar-refractivity contribution in [2.75, 3.05) is 6.54 Å². The van der Waals surface area contributed by atoms with Gasteiger partial charge in [-0.1, -0.05) is 13.8 Å². The summed E-state index contributed by atoms with van der Waals surface area (Å²) in [5, 5.41) is 3.30. The molecule has 0 fully saturated rings. The minimum absolute atomic E-state index is 0.451. The van der Waals surface area contributed by atoms with Crippen molar-refractivity contribution in [3.63, 3.8) is 0 Å². The van der Waals surface area contributed by atoms with Gasteiger partial charge >= 0.3 is 6.97 Å². The normalized spacial score (nSPS) is 19.5. The Morgan fingerprint density at radius 2 is 2.21 bits per heavy atom. The molecule has 3 heterocycles. The predicted molar refractivity (Wildman–Crippen MR) is 73.0 cm³/mol. The first-order chi connectivity index (χ1) is 9.01. The predicted octanol–water partition coefficient (Wildman–Crippen LogP) is 2.29. The van der Waals surface area contributed by atoms with Gasteiger partial charge in [0.05, 0.1) is 0 Å². The molecule has 0 amide bonds. The van der Waals surface area contributed by atoms with E-state index in [0.29, 0.717) is 17.3 Å². The Balaban J connectivity index is 2.11. The van der Waals surface area contributed by atoms with Gasteiger partial charge < -0.3 is 22.9 Å². The highest BCUT2D eigenvalue weighted by atomic mass is 19.2. The summed E-state index contributed by atoms with van der Waals surface area (Å²) in [5.74, 6) is 0.451. The SMILES string of the molecule is CC(C)CNC1=C2C=CC=[N+]2[B-](F)(F)n2cccc21. The summed E-state index contributed by atoms with van der Waals surface area (Å²) in [7, 11) is 0. The van der Waals surface area contributed by atoms with Crippen LogP contribution in [0.4, 0.5) is 8.63 Å². The van der Waals surface area contributed by atoms with E-state index in [0.717, 1.165) is 21.2 Å². The molecule has 2 aliphatic rings. The molecular formula is C13H16BF2N3. The summed E-state index contributed by atoms with van der Waals surface area (Å²) >= 11 is 0. The fraction of sp³-hybridized carbons (Fsp3) is 0.308. The third kappa shape index (κ3) is 1.74. The van der Waals surface area contributed by atoms with E-state index in [-0.39, 0.29) is 0 Å². The van der Waals surface area contributed by atoms with Crippen LogP contribution >= 0.6 is 0 Å². The van der Waals surface area contributed by atoms with Crippen LogP contribution in [0, 0.1) is 5.92 Å². The average molecular weight is 263 g/mol. The van der Waals surface area contributed by atoms with Crippen LogP contribution < -0.4 is 5.32 Å². The van der Waals surface area contributed by atoms with E-state index in [1.807, 2.05) is 0 Å². The summed E-state index contributed by atoms with van der Waals surface area (Å²) in [5.41, 5.74) is 1.88. The van der Waals surface area contributed by atoms with Gasteiger partial charge in [0, 0.05) is 24.4 Å². The average Bonchev–Trinajstić information content (AvgIpc) is 2.96. The molecule has 0 bridgehead atoms. The van der Waals surface area contributed by atoms with Crippen molar-refractivity contribution in [2.24, 2.45) is 5.92 Å². The first kappa shape index (κ1) is 12.2. The number of hydrogen-bond acceptors (Lipinski definition) is 1. The molecule has 0 spiro atoms. The molecule has 1 aromatic rings. The molecule has 100 valence electrons. The second-order valence-corrected chi connectivity index (χ2v) is 5.34. The minimum atomic E-state index is -3.77. The van der Waals surface area contributed by atoms with Gasteiger partial charge in [0.2, 0.25) is 0 Å². The smallest absolute Gasteiger partial charge is 0.395 e. The van der Waals surface area contributed by atoms with Crippen molar-refractivity contribution in [3.05, 3.63) is 41.9 Å². The second kappa shape index (κ2) is 4.08. The molecule has 0 aromatic carbocycles. The van der Waals surface area contributed by atoms with Crippen LogP contribution in [0.1, 0.15) is 19.5 Å². The van der Waals surface area contributed by atoms with Crippen molar-refractivity contribution < 1.29 is 13.1 Å². The van der Waals surface area contributed by atoms with Crippen molar-refractivity contribution in [3.8, 4) is 0 Å². The number of hydrogen-bond donors (Lipinski definition) is 1. The van der Waals surface area contributed by atoms with Crippen LogP contribution in [-0.2, 0) is 0 Å². The molecule has 2 aliphatic heterocycles. The Bertz CT molecular complexity index is 611. The van der Waals surface area contributed by atoms with E-state index in [4.69, 9.17) is 0 Å². The zero-order valence-electron chi connectivity index (χ0n) is 11.0. The Morgan fingerprint density at radius 3 is 2.95 bits per heavy atom. The molecule has 0 unspecified atom stereocenters. The summed E-state index contributed by atoms with van der Waals surface area (Å²) in [6, 6.07) is 3.39. The highest BCUT2D eigenvalue weighted by Gasteiger charge is 2.51. The fourth-order valence-electron chi connectivity index (χ4n) is 2.51. The number of aromatic nitrogens is 1. The molecule has 0 atom stereocenters. The lowest BCUT2D eigenvalue weighted by atomic mass is 9.91. The number of allylic oxidation sites excluding steroid dienone is 2. The Kier molecular flexibility index (Phi) is 2.62. The van der Waals surface area contributed by atoms with E-state index < -0.39 is 6.97 Å². The van der Waals surface area contributed by atoms with Crippen LogP contribution in [-0.4, -0.2) is 28.7 Å². The summed E-state index contributed by atoms with van der Waals surface area (Å²) < 4.78 is 30.9. The molecule has 0 saturated carbocycles. The lowest BCUT2D eigenvalue weighted by molar-refractivity contribution is -0.356. The first-order valence-corrected chi connectivity index (χ1v) is 6.49. The third-order valence-corrected chi connectivity index (χ3v) is 3.43. The van der Waals surface area contributed by atoms with Crippen molar-refractivity contribution >= 4 is 18.9 Å². The number of nitrogens with zero attached hydrogens (tertiary/aromatic N) is 2. The Labute approximate surface area is 111 Å². The molecule has 19 heavy (non-hydrogen) atoms. The van der Waals surface area contributed by atoms with Crippen LogP contribution in [0.15, 0.2) is 36.2 Å². The maximum atomic E-state index is 14.4. The minimum Gasteiger partial charge on any atom is -0.395 e. The topological polar surface area (TPSA) is 20.0 Å². The van der Waals surface area contributed by atoms with Gasteiger partial charge in [-0.05, 0) is 24.2 Å². The van der Waals surface area contributed by atoms with Gasteiger partial charge in [0.1, 0.15) is 11.9 Å². The van der Waals surface area contributed by atoms with E-state index in [1.165, 1.54) is 12.4 Å². The van der Waals surface area contributed by atoms with Crippen LogP contribution in [0.25, 0.3) is 5.70 Å². The molecule has 0 saturated heterocycles. The zero-order chi connectivity index (χ0) is 13.6. The van der Waals surface area contributed by atoms with E-state index in [1.54, 1.807) is 24.3 Å². The Hall–Kier alpha value is -1.85. The summed E-state index contributed by atoms with van der Waals surface area (Å²) in [6.07, 6.45) is 6.27. The molecule has 1 N–H and O–H groups in total. The maximum Gasteiger partial charge on any atom is 0.737 e. The van der Waals surface area contributed by atoms with Crippen LogP contribution in [0.5, 0.6) is 0 Å². The number of rotatable bonds is 3. The monoisotopic (exact) mass is 263 g/mol. The van der Waals surface area contributed by atoms with Gasteiger partial charge in [-0.25, -0.2) is 0 Å². The summed E-state index contributed by atoms with van der Waals surface area (Å²) in [4.78, 5) is 0. The molecule has 1 aromatic heterocycles. The highest BCUT2D eigenvalue weighted by Crippen LogP contribution is 2.33. The lowest BCUT2D eigenvalue weighted by Crippen LogP contribution is -2.50. The molecule has 6 heteroatoms. The molecule has 0 aliphatic carbocycles.